The number of ether oxygens (including phenoxy) is 17. The van der Waals surface area contributed by atoms with E-state index in [1.165, 1.54) is 80.6 Å². The summed E-state index contributed by atoms with van der Waals surface area (Å²) in [5.74, 6) is -16.7. The Kier molecular flexibility index (Phi) is 23.6. The first-order valence-corrected chi connectivity index (χ1v) is 29.1. The molecule has 4 saturated heterocycles. The third kappa shape index (κ3) is 17.3. The highest BCUT2D eigenvalue weighted by molar-refractivity contribution is 5.91. The van der Waals surface area contributed by atoms with E-state index in [0.29, 0.717) is 0 Å². The minimum absolute atomic E-state index is 0.0131. The van der Waals surface area contributed by atoms with Crippen LogP contribution in [-0.2, 0) is 104 Å². The minimum atomic E-state index is -2.92. The van der Waals surface area contributed by atoms with Gasteiger partial charge in [0.05, 0.1) is 55.3 Å². The fourth-order valence-electron chi connectivity index (χ4n) is 10.9. The zero-order valence-electron chi connectivity index (χ0n) is 51.5. The van der Waals surface area contributed by atoms with Gasteiger partial charge in [0, 0.05) is 38.5 Å². The van der Waals surface area contributed by atoms with Crippen molar-refractivity contribution in [1.29, 1.82) is 0 Å². The van der Waals surface area contributed by atoms with Crippen LogP contribution in [0.5, 0.6) is 0 Å². The summed E-state index contributed by atoms with van der Waals surface area (Å²) < 4.78 is 105. The van der Waals surface area contributed by atoms with Gasteiger partial charge in [0.25, 0.3) is 11.6 Å². The Balaban J connectivity index is 1.36. The van der Waals surface area contributed by atoms with Crippen LogP contribution in [0.15, 0.2) is 139 Å². The predicted molar refractivity (Wildman–Crippen MR) is 312 cm³/mol. The maximum Gasteiger partial charge on any atom is 0.366 e. The van der Waals surface area contributed by atoms with Gasteiger partial charge < -0.3 is 80.5 Å². The number of azide groups is 1. The van der Waals surface area contributed by atoms with Gasteiger partial charge in [-0.05, 0) is 67.9 Å². The number of hydrogen-bond acceptors (Lipinski definition) is 27. The van der Waals surface area contributed by atoms with Gasteiger partial charge in [-0.25, -0.2) is 28.8 Å². The molecular formula is C64H69N3O26. The van der Waals surface area contributed by atoms with E-state index in [9.17, 15) is 43.9 Å². The van der Waals surface area contributed by atoms with Crippen LogP contribution in [0, 0.1) is 0 Å². The van der Waals surface area contributed by atoms with Crippen LogP contribution in [0.4, 0.5) is 0 Å². The second kappa shape index (κ2) is 31.4. The molecule has 5 unspecified atom stereocenters. The monoisotopic (exact) mass is 1300 g/mol. The van der Waals surface area contributed by atoms with Crippen LogP contribution in [-0.4, -0.2) is 191 Å². The normalized spacial score (nSPS) is 27.5. The quantitative estimate of drug-likeness (QED) is 0.0179. The maximum atomic E-state index is 15.3. The lowest BCUT2D eigenvalue weighted by Gasteiger charge is -2.52. The summed E-state index contributed by atoms with van der Waals surface area (Å²) in [7, 11) is 1.93. The number of fused-ring (bicyclic) bond motifs is 1. The van der Waals surface area contributed by atoms with E-state index < -0.39 is 190 Å². The molecule has 4 aliphatic heterocycles. The predicted octanol–water partition coefficient (Wildman–Crippen LogP) is 5.79. The van der Waals surface area contributed by atoms with Gasteiger partial charge in [-0.3, -0.25) is 14.4 Å². The van der Waals surface area contributed by atoms with E-state index >= 15 is 4.79 Å². The molecule has 0 spiro atoms. The Hall–Kier alpha value is -9.16. The fraction of sp³-hybridized carbons (Fsp3) is 0.453. The molecule has 0 radical (unpaired) electrons. The summed E-state index contributed by atoms with van der Waals surface area (Å²) in [6, 6.07) is 28.5. The second-order valence-electron chi connectivity index (χ2n) is 21.8. The number of carbonyl (C=O) groups excluding carboxylic acids is 9. The van der Waals surface area contributed by atoms with Crippen molar-refractivity contribution in [3.05, 3.63) is 167 Å². The molecule has 4 fully saturated rings. The van der Waals surface area contributed by atoms with Gasteiger partial charge in [0.15, 0.2) is 36.5 Å². The van der Waals surface area contributed by atoms with Crippen LogP contribution in [0.2, 0.25) is 0 Å². The zero-order valence-corrected chi connectivity index (χ0v) is 51.5. The number of carbonyl (C=O) groups is 9. The van der Waals surface area contributed by atoms with Gasteiger partial charge >= 0.3 is 53.7 Å². The Morgan fingerprint density at radius 1 is 0.602 bits per heavy atom. The summed E-state index contributed by atoms with van der Waals surface area (Å²) >= 11 is 0. The summed E-state index contributed by atoms with van der Waals surface area (Å²) in [6.07, 6.45) is -22.4. The van der Waals surface area contributed by atoms with Crippen molar-refractivity contribution in [2.24, 2.45) is 5.11 Å². The number of esters is 9. The van der Waals surface area contributed by atoms with Crippen molar-refractivity contribution in [1.82, 2.24) is 0 Å². The van der Waals surface area contributed by atoms with E-state index in [1.807, 2.05) is 0 Å². The van der Waals surface area contributed by atoms with Crippen molar-refractivity contribution in [2.45, 2.75) is 144 Å². The summed E-state index contributed by atoms with van der Waals surface area (Å²) in [6.45, 7) is 6.79. The van der Waals surface area contributed by atoms with Crippen molar-refractivity contribution in [3.63, 3.8) is 0 Å². The Labute approximate surface area is 532 Å². The van der Waals surface area contributed by atoms with Gasteiger partial charge in [-0.2, -0.15) is 0 Å². The molecule has 0 aliphatic carbocycles. The largest absolute Gasteiger partial charge is 0.465 e. The molecule has 4 heterocycles. The van der Waals surface area contributed by atoms with E-state index in [0.717, 1.165) is 35.0 Å². The molecule has 0 amide bonds. The minimum Gasteiger partial charge on any atom is -0.465 e. The lowest BCUT2D eigenvalue weighted by molar-refractivity contribution is -0.387. The second-order valence-corrected chi connectivity index (χ2v) is 21.8. The Morgan fingerprint density at radius 2 is 1.08 bits per heavy atom. The molecule has 93 heavy (non-hydrogen) atoms. The SMILES string of the molecule is C=CCO[C@]1(C(=O)OC)C[C@@H](O[C@]2(C(=O)OC)C[C@H]3OC(C)(C)O[C@H]3[C@@H]([C@@H](COC(=O)c3ccccc3)OC(=O)c3ccccc3)O2)[C@@H](OC2OC(COC(C)=O)C(OC(C)=O)C(OC(C)=O)C2N=[N+]=[N-])[C@@H]([C@@H](COC(=O)c2ccccc2)OC(=O)c2ccccc2)O1. The molecule has 0 aromatic heterocycles. The van der Waals surface area contributed by atoms with Crippen LogP contribution < -0.4 is 0 Å². The molecule has 0 bridgehead atoms. The number of methoxy groups -OCH3 is 2. The number of hydrogen-bond donors (Lipinski definition) is 0. The van der Waals surface area contributed by atoms with Gasteiger partial charge in [-0.1, -0.05) is 84.0 Å². The molecule has 29 nitrogen and oxygen atoms in total. The highest BCUT2D eigenvalue weighted by Crippen LogP contribution is 2.48. The van der Waals surface area contributed by atoms with E-state index in [1.54, 1.807) is 60.7 Å². The molecule has 8 rings (SSSR count). The van der Waals surface area contributed by atoms with Gasteiger partial charge in [0.1, 0.15) is 56.4 Å². The third-order valence-electron chi connectivity index (χ3n) is 14.8. The molecule has 4 aromatic rings. The highest BCUT2D eigenvalue weighted by atomic mass is 16.8. The summed E-state index contributed by atoms with van der Waals surface area (Å²) in [4.78, 5) is 128. The van der Waals surface area contributed by atoms with Crippen LogP contribution in [0.25, 0.3) is 10.4 Å². The molecule has 4 aliphatic rings. The fourth-order valence-corrected chi connectivity index (χ4v) is 10.9. The smallest absolute Gasteiger partial charge is 0.366 e. The average Bonchev–Trinajstić information content (AvgIpc) is 1.72. The molecule has 15 atom stereocenters. The molecule has 0 saturated carbocycles. The Bertz CT molecular complexity index is 3350. The summed E-state index contributed by atoms with van der Waals surface area (Å²) in [5.41, 5.74) is 10.3. The molecule has 4 aromatic carbocycles. The van der Waals surface area contributed by atoms with Crippen molar-refractivity contribution in [2.75, 3.05) is 40.6 Å². The van der Waals surface area contributed by atoms with Crippen molar-refractivity contribution >= 4 is 53.7 Å². The van der Waals surface area contributed by atoms with E-state index in [2.05, 4.69) is 16.6 Å². The maximum absolute atomic E-state index is 15.3. The number of rotatable bonds is 26. The highest BCUT2D eigenvalue weighted by Gasteiger charge is 2.66. The summed E-state index contributed by atoms with van der Waals surface area (Å²) in [5, 5.41) is 3.89. The van der Waals surface area contributed by atoms with E-state index in [4.69, 9.17) is 80.5 Å². The van der Waals surface area contributed by atoms with Crippen molar-refractivity contribution in [3.8, 4) is 0 Å². The third-order valence-corrected chi connectivity index (χ3v) is 14.8. The lowest BCUT2D eigenvalue weighted by atomic mass is 9.89. The number of nitrogens with zero attached hydrogens (tertiary/aromatic N) is 3. The van der Waals surface area contributed by atoms with Crippen LogP contribution >= 0.6 is 0 Å². The van der Waals surface area contributed by atoms with Crippen LogP contribution in [0.3, 0.4) is 0 Å². The van der Waals surface area contributed by atoms with Crippen molar-refractivity contribution < 1.29 is 124 Å². The van der Waals surface area contributed by atoms with Crippen LogP contribution in [0.1, 0.15) is 88.9 Å². The first-order valence-electron chi connectivity index (χ1n) is 29.1. The Morgan fingerprint density at radius 3 is 1.55 bits per heavy atom. The van der Waals surface area contributed by atoms with Gasteiger partial charge in [0.2, 0.25) is 0 Å². The first kappa shape index (κ1) is 69.7. The van der Waals surface area contributed by atoms with Gasteiger partial charge in [-0.15, -0.1) is 6.58 Å². The molecule has 0 N–H and O–H groups in total. The first-order chi connectivity index (χ1) is 44.5. The molecule has 29 heteroatoms. The topological polar surface area (TPSA) is 359 Å². The molecular weight excluding hydrogens is 1230 g/mol. The lowest BCUT2D eigenvalue weighted by Crippen LogP contribution is -2.70. The standard InChI is InChI=1S/C64H69N3O26/c1-9-30-82-63(60(75)77-7)31-43(90-64(61(76)78-8)32-44-51(91-62(5,6)89-44)53(93-64)47(86-58(74)42-28-20-13-21-29-42)35-81-56(72)40-24-16-11-17-25-40)49(88-59-48(66-67-65)54(84-38(4)70)50(83-37(3)69)45(87-59)33-79-36(2)68)52(92-63)46(85-57(73)41-26-18-12-19-27-41)34-80-55(71)39-22-14-10-15-23-39/h9-29,43-54,59H,1,30-35H2,2-8H3/t43-,44-,45?,46-,47-,48?,49-,50?,51-,52-,53-,54?,59?,63-,64-/m1/s1. The average molecular weight is 1300 g/mol. The van der Waals surface area contributed by atoms with E-state index in [-0.39, 0.29) is 22.3 Å². The number of benzene rings is 4. The zero-order chi connectivity index (χ0) is 67.0. The molecule has 496 valence electrons.